The minimum Gasteiger partial charge on any atom is -0.322 e. The number of hydrogen-bond donors (Lipinski definition) is 1. The van der Waals surface area contributed by atoms with Crippen LogP contribution in [0, 0.1) is 12.7 Å². The summed E-state index contributed by atoms with van der Waals surface area (Å²) >= 11 is 0. The first-order valence-electron chi connectivity index (χ1n) is 7.93. The topological polar surface area (TPSA) is 42.0 Å². The van der Waals surface area contributed by atoms with Gasteiger partial charge in [0.25, 0.3) is 5.91 Å². The van der Waals surface area contributed by atoms with Crippen LogP contribution in [0.25, 0.3) is 10.9 Å². The van der Waals surface area contributed by atoms with Gasteiger partial charge >= 0.3 is 0 Å². The number of benzene rings is 2. The lowest BCUT2D eigenvalue weighted by Gasteiger charge is -2.13. The van der Waals surface area contributed by atoms with Gasteiger partial charge in [-0.15, -0.1) is 0 Å². The van der Waals surface area contributed by atoms with Gasteiger partial charge in [-0.2, -0.15) is 0 Å². The lowest BCUT2D eigenvalue weighted by molar-refractivity contribution is 0.102. The summed E-state index contributed by atoms with van der Waals surface area (Å²) in [5.41, 5.74) is 3.53. The van der Waals surface area contributed by atoms with Crippen molar-refractivity contribution in [3.8, 4) is 0 Å². The smallest absolute Gasteiger partial charge is 0.256 e. The van der Waals surface area contributed by atoms with Crippen molar-refractivity contribution in [2.24, 2.45) is 0 Å². The van der Waals surface area contributed by atoms with E-state index in [1.165, 1.54) is 12.1 Å². The Morgan fingerprint density at radius 3 is 2.58 bits per heavy atom. The predicted molar refractivity (Wildman–Crippen MR) is 94.9 cm³/mol. The summed E-state index contributed by atoms with van der Waals surface area (Å²) in [7, 11) is 0. The number of aromatic nitrogens is 1. The molecule has 4 heteroatoms. The van der Waals surface area contributed by atoms with Gasteiger partial charge in [0.05, 0.1) is 11.1 Å². The van der Waals surface area contributed by atoms with E-state index in [1.807, 2.05) is 44.2 Å². The normalized spacial score (nSPS) is 11.0. The third-order valence-corrected chi connectivity index (χ3v) is 4.01. The molecule has 0 aliphatic heterocycles. The van der Waals surface area contributed by atoms with Crippen LogP contribution in [0.15, 0.2) is 48.5 Å². The summed E-state index contributed by atoms with van der Waals surface area (Å²) in [4.78, 5) is 17.4. The highest BCUT2D eigenvalue weighted by Crippen LogP contribution is 2.24. The maximum absolute atomic E-state index is 13.2. The van der Waals surface area contributed by atoms with Gasteiger partial charge in [-0.3, -0.25) is 9.78 Å². The number of para-hydroxylation sites is 1. The fourth-order valence-electron chi connectivity index (χ4n) is 2.64. The summed E-state index contributed by atoms with van der Waals surface area (Å²) < 4.78 is 13.2. The van der Waals surface area contributed by atoms with E-state index in [9.17, 15) is 9.18 Å². The van der Waals surface area contributed by atoms with E-state index in [2.05, 4.69) is 10.3 Å². The zero-order valence-electron chi connectivity index (χ0n) is 13.9. The van der Waals surface area contributed by atoms with Crippen LogP contribution in [0.4, 0.5) is 10.1 Å². The van der Waals surface area contributed by atoms with Crippen molar-refractivity contribution in [1.29, 1.82) is 0 Å². The van der Waals surface area contributed by atoms with E-state index in [0.717, 1.165) is 16.6 Å². The average molecular weight is 322 g/mol. The quantitative estimate of drug-likeness (QED) is 0.732. The molecule has 3 rings (SSSR count). The van der Waals surface area contributed by atoms with Crippen molar-refractivity contribution < 1.29 is 9.18 Å². The molecular formula is C20H19FN2O. The molecule has 2 aromatic carbocycles. The summed E-state index contributed by atoms with van der Waals surface area (Å²) in [6.45, 7) is 5.86. The van der Waals surface area contributed by atoms with Crippen molar-refractivity contribution in [1.82, 2.24) is 4.98 Å². The fraction of sp³-hybridized carbons (Fsp3) is 0.200. The summed E-state index contributed by atoms with van der Waals surface area (Å²) in [5, 5.41) is 3.68. The van der Waals surface area contributed by atoms with Crippen LogP contribution in [0.1, 0.15) is 41.4 Å². The van der Waals surface area contributed by atoms with Crippen LogP contribution in [-0.4, -0.2) is 10.9 Å². The Balaban J connectivity index is 2.05. The molecule has 0 saturated carbocycles. The molecule has 1 amide bonds. The Morgan fingerprint density at radius 2 is 1.88 bits per heavy atom. The second kappa shape index (κ2) is 6.40. The number of nitrogens with one attached hydrogen (secondary N) is 1. The van der Waals surface area contributed by atoms with Gasteiger partial charge < -0.3 is 5.32 Å². The van der Waals surface area contributed by atoms with Gasteiger partial charge in [0, 0.05) is 16.8 Å². The number of carbonyl (C=O) groups excluding carboxylic acids is 1. The minimum atomic E-state index is -0.318. The minimum absolute atomic E-state index is 0.216. The molecule has 0 fully saturated rings. The molecule has 0 bridgehead atoms. The Hall–Kier alpha value is -2.75. The van der Waals surface area contributed by atoms with Crippen LogP contribution in [-0.2, 0) is 0 Å². The molecule has 3 aromatic rings. The Morgan fingerprint density at radius 1 is 1.12 bits per heavy atom. The van der Waals surface area contributed by atoms with E-state index >= 15 is 0 Å². The molecule has 122 valence electrons. The molecule has 0 atom stereocenters. The Kier molecular flexibility index (Phi) is 4.30. The van der Waals surface area contributed by atoms with Gasteiger partial charge in [-0.25, -0.2) is 4.39 Å². The number of hydrogen-bond acceptors (Lipinski definition) is 2. The molecule has 0 aliphatic rings. The molecule has 0 radical (unpaired) electrons. The van der Waals surface area contributed by atoms with Crippen molar-refractivity contribution in [3.63, 3.8) is 0 Å². The molecule has 0 aliphatic carbocycles. The predicted octanol–water partition coefficient (Wildman–Crippen LogP) is 5.06. The molecule has 0 unspecified atom stereocenters. The number of halogens is 1. The second-order valence-corrected chi connectivity index (χ2v) is 6.18. The molecular weight excluding hydrogens is 303 g/mol. The Bertz CT molecular complexity index is 919. The largest absolute Gasteiger partial charge is 0.322 e. The number of amides is 1. The van der Waals surface area contributed by atoms with Crippen LogP contribution in [0.5, 0.6) is 0 Å². The van der Waals surface area contributed by atoms with E-state index < -0.39 is 0 Å². The third kappa shape index (κ3) is 3.13. The highest BCUT2D eigenvalue weighted by atomic mass is 19.1. The molecule has 0 spiro atoms. The van der Waals surface area contributed by atoms with Gasteiger partial charge in [0.15, 0.2) is 0 Å². The molecule has 0 saturated heterocycles. The lowest BCUT2D eigenvalue weighted by Crippen LogP contribution is -2.14. The number of aryl methyl sites for hydroxylation is 1. The van der Waals surface area contributed by atoms with Crippen molar-refractivity contribution >= 4 is 22.5 Å². The van der Waals surface area contributed by atoms with E-state index in [4.69, 9.17) is 0 Å². The molecule has 3 nitrogen and oxygen atoms in total. The van der Waals surface area contributed by atoms with Gasteiger partial charge in [0.2, 0.25) is 0 Å². The summed E-state index contributed by atoms with van der Waals surface area (Å²) in [5.74, 6) is -0.319. The Labute approximate surface area is 140 Å². The number of anilines is 1. The molecule has 1 aromatic heterocycles. The number of carbonyl (C=O) groups is 1. The first-order valence-corrected chi connectivity index (χ1v) is 7.93. The zero-order valence-corrected chi connectivity index (χ0v) is 13.9. The van der Waals surface area contributed by atoms with Gasteiger partial charge in [-0.05, 0) is 48.7 Å². The van der Waals surface area contributed by atoms with Crippen LogP contribution >= 0.6 is 0 Å². The van der Waals surface area contributed by atoms with Crippen LogP contribution in [0.3, 0.4) is 0 Å². The lowest BCUT2D eigenvalue weighted by atomic mass is 10.0. The maximum atomic E-state index is 13.2. The maximum Gasteiger partial charge on any atom is 0.256 e. The highest BCUT2D eigenvalue weighted by molar-refractivity contribution is 6.12. The zero-order chi connectivity index (χ0) is 17.3. The monoisotopic (exact) mass is 322 g/mol. The molecule has 24 heavy (non-hydrogen) atoms. The van der Waals surface area contributed by atoms with Crippen molar-refractivity contribution in [2.75, 3.05) is 5.32 Å². The van der Waals surface area contributed by atoms with E-state index in [0.29, 0.717) is 16.8 Å². The van der Waals surface area contributed by atoms with E-state index in [1.54, 1.807) is 13.0 Å². The van der Waals surface area contributed by atoms with Crippen molar-refractivity contribution in [3.05, 3.63) is 71.2 Å². The van der Waals surface area contributed by atoms with Gasteiger partial charge in [0.1, 0.15) is 5.82 Å². The van der Waals surface area contributed by atoms with Crippen LogP contribution in [0.2, 0.25) is 0 Å². The highest BCUT2D eigenvalue weighted by Gasteiger charge is 2.15. The average Bonchev–Trinajstić information content (AvgIpc) is 2.56. The summed E-state index contributed by atoms with van der Waals surface area (Å²) in [6, 6.07) is 13.7. The van der Waals surface area contributed by atoms with Crippen LogP contribution < -0.4 is 5.32 Å². The van der Waals surface area contributed by atoms with Crippen molar-refractivity contribution in [2.45, 2.75) is 26.7 Å². The summed E-state index contributed by atoms with van der Waals surface area (Å²) in [6.07, 6.45) is 0. The fourth-order valence-corrected chi connectivity index (χ4v) is 2.64. The molecule has 1 heterocycles. The number of nitrogens with zero attached hydrogens (tertiary/aromatic N) is 1. The first kappa shape index (κ1) is 16.1. The SMILES string of the molecule is Cc1cc(F)ccc1NC(=O)c1cc(C(C)C)nc2ccccc12. The third-order valence-electron chi connectivity index (χ3n) is 4.01. The molecule has 1 N–H and O–H groups in total. The second-order valence-electron chi connectivity index (χ2n) is 6.18. The first-order chi connectivity index (χ1) is 11.5. The number of rotatable bonds is 3. The number of pyridine rings is 1. The van der Waals surface area contributed by atoms with Gasteiger partial charge in [-0.1, -0.05) is 32.0 Å². The number of fused-ring (bicyclic) bond motifs is 1. The van der Waals surface area contributed by atoms with E-state index in [-0.39, 0.29) is 17.6 Å². The standard InChI is InChI=1S/C20H19FN2O/c1-12(2)19-11-16(15-6-4-5-7-18(15)22-19)20(24)23-17-9-8-14(21)10-13(17)3/h4-12H,1-3H3,(H,23,24).